The van der Waals surface area contributed by atoms with E-state index in [1.165, 1.54) is 12.1 Å². The Hall–Kier alpha value is -2.87. The molecule has 3 aromatic rings. The number of nitrogen functional groups attached to an aromatic ring is 1. The number of rotatable bonds is 2. The SMILES string of the molecule is Cc1cc(F)ccc1-c1cnc2nc(N)nc(N3CCOCC3)c2n1. The predicted octanol–water partition coefficient (Wildman–Crippen LogP) is 1.95. The zero-order valence-corrected chi connectivity index (χ0v) is 13.7. The number of aryl methyl sites for hydroxylation is 1. The molecule has 1 saturated heterocycles. The summed E-state index contributed by atoms with van der Waals surface area (Å²) in [5.74, 6) is 0.536. The largest absolute Gasteiger partial charge is 0.378 e. The molecule has 1 aromatic carbocycles. The molecule has 25 heavy (non-hydrogen) atoms. The highest BCUT2D eigenvalue weighted by Crippen LogP contribution is 2.27. The zero-order valence-electron chi connectivity index (χ0n) is 13.7. The lowest BCUT2D eigenvalue weighted by Gasteiger charge is -2.28. The molecular weight excluding hydrogens is 323 g/mol. The van der Waals surface area contributed by atoms with Crippen molar-refractivity contribution in [3.63, 3.8) is 0 Å². The van der Waals surface area contributed by atoms with Crippen molar-refractivity contribution in [2.24, 2.45) is 0 Å². The molecule has 3 heterocycles. The molecule has 0 radical (unpaired) electrons. The molecule has 0 amide bonds. The van der Waals surface area contributed by atoms with E-state index in [4.69, 9.17) is 15.5 Å². The van der Waals surface area contributed by atoms with Crippen molar-refractivity contribution in [1.29, 1.82) is 0 Å². The number of anilines is 2. The van der Waals surface area contributed by atoms with Gasteiger partial charge in [0.25, 0.3) is 0 Å². The first-order chi connectivity index (χ1) is 12.1. The Bertz CT molecular complexity index is 942. The summed E-state index contributed by atoms with van der Waals surface area (Å²) in [7, 11) is 0. The molecule has 1 aliphatic rings. The number of halogens is 1. The van der Waals surface area contributed by atoms with E-state index < -0.39 is 0 Å². The fourth-order valence-corrected chi connectivity index (χ4v) is 2.95. The van der Waals surface area contributed by atoms with Crippen molar-refractivity contribution in [2.75, 3.05) is 36.9 Å². The van der Waals surface area contributed by atoms with E-state index in [1.54, 1.807) is 12.3 Å². The maximum absolute atomic E-state index is 13.4. The average Bonchev–Trinajstić information content (AvgIpc) is 2.61. The van der Waals surface area contributed by atoms with Crippen LogP contribution in [0.4, 0.5) is 16.2 Å². The Morgan fingerprint density at radius 2 is 1.96 bits per heavy atom. The molecule has 0 spiro atoms. The number of ether oxygens (including phenoxy) is 1. The monoisotopic (exact) mass is 340 g/mol. The molecule has 128 valence electrons. The number of hydrogen-bond acceptors (Lipinski definition) is 7. The van der Waals surface area contributed by atoms with E-state index in [9.17, 15) is 4.39 Å². The van der Waals surface area contributed by atoms with E-state index in [1.807, 2.05) is 6.92 Å². The van der Waals surface area contributed by atoms with Crippen molar-refractivity contribution >= 4 is 22.9 Å². The van der Waals surface area contributed by atoms with Crippen molar-refractivity contribution < 1.29 is 9.13 Å². The van der Waals surface area contributed by atoms with Gasteiger partial charge < -0.3 is 15.4 Å². The van der Waals surface area contributed by atoms with Gasteiger partial charge in [0.05, 0.1) is 25.1 Å². The summed E-state index contributed by atoms with van der Waals surface area (Å²) in [5.41, 5.74) is 9.11. The maximum atomic E-state index is 13.4. The van der Waals surface area contributed by atoms with Gasteiger partial charge in [-0.3, -0.25) is 0 Å². The van der Waals surface area contributed by atoms with Crippen LogP contribution in [0.1, 0.15) is 5.56 Å². The number of morpholine rings is 1. The number of aromatic nitrogens is 4. The number of nitrogens with two attached hydrogens (primary N) is 1. The minimum Gasteiger partial charge on any atom is -0.378 e. The maximum Gasteiger partial charge on any atom is 0.224 e. The first kappa shape index (κ1) is 15.6. The molecular formula is C17H17FN6O. The van der Waals surface area contributed by atoms with Crippen molar-refractivity contribution in [2.45, 2.75) is 6.92 Å². The third-order valence-corrected chi connectivity index (χ3v) is 4.18. The third kappa shape index (κ3) is 2.96. The van der Waals surface area contributed by atoms with E-state index in [-0.39, 0.29) is 11.8 Å². The van der Waals surface area contributed by atoms with Gasteiger partial charge in [0, 0.05) is 18.7 Å². The number of hydrogen-bond donors (Lipinski definition) is 1. The van der Waals surface area contributed by atoms with E-state index >= 15 is 0 Å². The van der Waals surface area contributed by atoms with Crippen LogP contribution in [0.3, 0.4) is 0 Å². The van der Waals surface area contributed by atoms with Crippen LogP contribution in [0.25, 0.3) is 22.4 Å². The summed E-state index contributed by atoms with van der Waals surface area (Å²) in [6.07, 6.45) is 1.62. The van der Waals surface area contributed by atoms with Gasteiger partial charge in [-0.1, -0.05) is 0 Å². The van der Waals surface area contributed by atoms with Gasteiger partial charge in [-0.05, 0) is 30.7 Å². The standard InChI is InChI=1S/C17H17FN6O/c1-10-8-11(18)2-3-12(10)13-9-20-15-14(21-13)16(23-17(19)22-15)24-4-6-25-7-5-24/h2-3,8-9H,4-7H2,1H3,(H2,19,20,22,23). The minimum absolute atomic E-state index is 0.161. The third-order valence-electron chi connectivity index (χ3n) is 4.18. The highest BCUT2D eigenvalue weighted by molar-refractivity contribution is 5.86. The summed E-state index contributed by atoms with van der Waals surface area (Å²) < 4.78 is 18.8. The lowest BCUT2D eigenvalue weighted by atomic mass is 10.1. The number of benzene rings is 1. The van der Waals surface area contributed by atoms with Gasteiger partial charge in [-0.2, -0.15) is 9.97 Å². The summed E-state index contributed by atoms with van der Waals surface area (Å²) in [6.45, 7) is 4.48. The van der Waals surface area contributed by atoms with Crippen LogP contribution in [-0.4, -0.2) is 46.2 Å². The van der Waals surface area contributed by atoms with Crippen molar-refractivity contribution in [3.8, 4) is 11.3 Å². The lowest BCUT2D eigenvalue weighted by molar-refractivity contribution is 0.122. The molecule has 1 aliphatic heterocycles. The first-order valence-corrected chi connectivity index (χ1v) is 8.01. The van der Waals surface area contributed by atoms with Crippen LogP contribution in [0.2, 0.25) is 0 Å². The number of fused-ring (bicyclic) bond motifs is 1. The molecule has 2 aromatic heterocycles. The van der Waals surface area contributed by atoms with Crippen LogP contribution in [0.15, 0.2) is 24.4 Å². The second-order valence-corrected chi connectivity index (χ2v) is 5.89. The molecule has 0 unspecified atom stereocenters. The Morgan fingerprint density at radius 3 is 2.72 bits per heavy atom. The van der Waals surface area contributed by atoms with Crippen molar-refractivity contribution in [3.05, 3.63) is 35.8 Å². The van der Waals surface area contributed by atoms with E-state index in [0.717, 1.165) is 11.1 Å². The van der Waals surface area contributed by atoms with Crippen LogP contribution in [-0.2, 0) is 4.74 Å². The molecule has 2 N–H and O–H groups in total. The first-order valence-electron chi connectivity index (χ1n) is 8.01. The summed E-state index contributed by atoms with van der Waals surface area (Å²) in [5, 5.41) is 0. The predicted molar refractivity (Wildman–Crippen MR) is 92.7 cm³/mol. The van der Waals surface area contributed by atoms with Gasteiger partial charge in [-0.25, -0.2) is 14.4 Å². The van der Waals surface area contributed by atoms with Crippen LogP contribution >= 0.6 is 0 Å². The topological polar surface area (TPSA) is 90.0 Å². The highest BCUT2D eigenvalue weighted by Gasteiger charge is 2.19. The quantitative estimate of drug-likeness (QED) is 0.762. The highest BCUT2D eigenvalue weighted by atomic mass is 19.1. The molecule has 1 fully saturated rings. The van der Waals surface area contributed by atoms with Gasteiger partial charge in [0.15, 0.2) is 17.0 Å². The number of nitrogens with zero attached hydrogens (tertiary/aromatic N) is 5. The van der Waals surface area contributed by atoms with Crippen LogP contribution in [0, 0.1) is 12.7 Å². The lowest BCUT2D eigenvalue weighted by Crippen LogP contribution is -2.37. The van der Waals surface area contributed by atoms with Crippen molar-refractivity contribution in [1.82, 2.24) is 19.9 Å². The summed E-state index contributed by atoms with van der Waals surface area (Å²) in [4.78, 5) is 19.7. The average molecular weight is 340 g/mol. The normalized spacial score (nSPS) is 14.9. The Labute approximate surface area is 143 Å². The molecule has 0 aliphatic carbocycles. The van der Waals surface area contributed by atoms with E-state index in [0.29, 0.717) is 49.0 Å². The Balaban J connectivity index is 1.87. The van der Waals surface area contributed by atoms with Gasteiger partial charge >= 0.3 is 0 Å². The minimum atomic E-state index is -0.278. The zero-order chi connectivity index (χ0) is 17.4. The summed E-state index contributed by atoms with van der Waals surface area (Å²) in [6, 6.07) is 4.59. The fourth-order valence-electron chi connectivity index (χ4n) is 2.95. The second-order valence-electron chi connectivity index (χ2n) is 5.89. The van der Waals surface area contributed by atoms with Gasteiger partial charge in [-0.15, -0.1) is 0 Å². The Morgan fingerprint density at radius 1 is 1.16 bits per heavy atom. The molecule has 7 nitrogen and oxygen atoms in total. The molecule has 0 bridgehead atoms. The summed E-state index contributed by atoms with van der Waals surface area (Å²) >= 11 is 0. The smallest absolute Gasteiger partial charge is 0.224 e. The second kappa shape index (κ2) is 6.21. The van der Waals surface area contributed by atoms with E-state index in [2.05, 4.69) is 19.9 Å². The van der Waals surface area contributed by atoms with Crippen LogP contribution in [0.5, 0.6) is 0 Å². The Kier molecular flexibility index (Phi) is 3.89. The molecule has 4 rings (SSSR count). The molecule has 8 heteroatoms. The van der Waals surface area contributed by atoms with Gasteiger partial charge in [0.2, 0.25) is 5.95 Å². The molecule has 0 atom stereocenters. The fraction of sp³-hybridized carbons (Fsp3) is 0.294. The van der Waals surface area contributed by atoms with Crippen LogP contribution < -0.4 is 10.6 Å². The van der Waals surface area contributed by atoms with Gasteiger partial charge in [0.1, 0.15) is 5.82 Å². The molecule has 0 saturated carbocycles.